The third kappa shape index (κ3) is 2.53. The second-order valence-corrected chi connectivity index (χ2v) is 6.25. The van der Waals surface area contributed by atoms with E-state index in [1.54, 1.807) is 6.08 Å². The highest BCUT2D eigenvalue weighted by Crippen LogP contribution is 2.41. The van der Waals surface area contributed by atoms with Crippen molar-refractivity contribution in [2.45, 2.75) is 39.2 Å². The average Bonchev–Trinajstić information content (AvgIpc) is 2.48. The van der Waals surface area contributed by atoms with E-state index in [1.165, 1.54) is 0 Å². The van der Waals surface area contributed by atoms with Gasteiger partial charge in [0.15, 0.2) is 5.78 Å². The number of piperidine rings is 1. The maximum Gasteiger partial charge on any atom is 0.236 e. The molecule has 0 unspecified atom stereocenters. The molecule has 1 aliphatic carbocycles. The number of allylic oxidation sites excluding steroid dienone is 2. The van der Waals surface area contributed by atoms with E-state index in [2.05, 4.69) is 0 Å². The molecule has 2 aliphatic rings. The Morgan fingerprint density at radius 3 is 2.62 bits per heavy atom. The van der Waals surface area contributed by atoms with Gasteiger partial charge in [-0.3, -0.25) is 9.59 Å². The van der Waals surface area contributed by atoms with E-state index >= 15 is 0 Å². The molecule has 1 aromatic carbocycles. The van der Waals surface area contributed by atoms with Crippen LogP contribution in [0.5, 0.6) is 0 Å². The van der Waals surface area contributed by atoms with Gasteiger partial charge in [0, 0.05) is 13.1 Å². The smallest absolute Gasteiger partial charge is 0.236 e. The fourth-order valence-electron chi connectivity index (χ4n) is 3.47. The van der Waals surface area contributed by atoms with Crippen molar-refractivity contribution < 1.29 is 9.59 Å². The zero-order chi connectivity index (χ0) is 14.9. The molecule has 0 radical (unpaired) electrons. The first-order chi connectivity index (χ1) is 10.1. The first kappa shape index (κ1) is 14.1. The number of rotatable bonds is 2. The minimum absolute atomic E-state index is 0.0222. The Labute approximate surface area is 125 Å². The van der Waals surface area contributed by atoms with Crippen LogP contribution in [0.1, 0.15) is 38.2 Å². The van der Waals surface area contributed by atoms with Crippen molar-refractivity contribution in [2.75, 3.05) is 6.54 Å². The minimum Gasteiger partial charge on any atom is -0.337 e. The number of carbonyl (C=O) groups excluding carboxylic acids is 2. The SMILES string of the molecule is CC1=CC(=O)[C@]2(CCCN(Cc3ccccc3)C2=O)CC1. The van der Waals surface area contributed by atoms with Gasteiger partial charge >= 0.3 is 0 Å². The third-order valence-electron chi connectivity index (χ3n) is 4.74. The van der Waals surface area contributed by atoms with Crippen LogP contribution in [-0.2, 0) is 16.1 Å². The highest BCUT2D eigenvalue weighted by Gasteiger charge is 2.49. The predicted molar refractivity (Wildman–Crippen MR) is 81.5 cm³/mol. The average molecular weight is 283 g/mol. The lowest BCUT2D eigenvalue weighted by atomic mass is 9.68. The lowest BCUT2D eigenvalue weighted by Gasteiger charge is -2.42. The van der Waals surface area contributed by atoms with E-state index in [0.29, 0.717) is 19.4 Å². The van der Waals surface area contributed by atoms with E-state index in [1.807, 2.05) is 42.2 Å². The van der Waals surface area contributed by atoms with Crippen LogP contribution >= 0.6 is 0 Å². The fourth-order valence-corrected chi connectivity index (χ4v) is 3.47. The molecule has 1 aromatic rings. The molecule has 1 fully saturated rings. The van der Waals surface area contributed by atoms with Gasteiger partial charge in [0.1, 0.15) is 5.41 Å². The Morgan fingerprint density at radius 1 is 1.14 bits per heavy atom. The van der Waals surface area contributed by atoms with Crippen molar-refractivity contribution in [3.63, 3.8) is 0 Å². The predicted octanol–water partition coefficient (Wildman–Crippen LogP) is 3.10. The lowest BCUT2D eigenvalue weighted by Crippen LogP contribution is -2.52. The topological polar surface area (TPSA) is 37.4 Å². The molecule has 1 atom stereocenters. The zero-order valence-electron chi connectivity index (χ0n) is 12.5. The van der Waals surface area contributed by atoms with Gasteiger partial charge in [0.25, 0.3) is 0 Å². The van der Waals surface area contributed by atoms with Gasteiger partial charge in [0.05, 0.1) is 0 Å². The van der Waals surface area contributed by atoms with Crippen LogP contribution in [0.3, 0.4) is 0 Å². The number of benzene rings is 1. The van der Waals surface area contributed by atoms with Gasteiger partial charge in [-0.25, -0.2) is 0 Å². The van der Waals surface area contributed by atoms with Gasteiger partial charge in [-0.15, -0.1) is 0 Å². The first-order valence-electron chi connectivity index (χ1n) is 7.67. The molecule has 21 heavy (non-hydrogen) atoms. The molecule has 1 saturated heterocycles. The molecule has 0 bridgehead atoms. The van der Waals surface area contributed by atoms with Crippen molar-refractivity contribution in [3.8, 4) is 0 Å². The number of hydrogen-bond acceptors (Lipinski definition) is 2. The number of amides is 1. The van der Waals surface area contributed by atoms with Crippen LogP contribution in [0.2, 0.25) is 0 Å². The Morgan fingerprint density at radius 2 is 1.90 bits per heavy atom. The van der Waals surface area contributed by atoms with E-state index in [4.69, 9.17) is 0 Å². The molecule has 0 N–H and O–H groups in total. The maximum atomic E-state index is 12.9. The molecule has 3 rings (SSSR count). The van der Waals surface area contributed by atoms with Gasteiger partial charge in [-0.05, 0) is 44.2 Å². The van der Waals surface area contributed by atoms with Gasteiger partial charge in [0.2, 0.25) is 5.91 Å². The largest absolute Gasteiger partial charge is 0.337 e. The summed E-state index contributed by atoms with van der Waals surface area (Å²) in [6.45, 7) is 3.34. The molecule has 3 nitrogen and oxygen atoms in total. The summed E-state index contributed by atoms with van der Waals surface area (Å²) in [5.41, 5.74) is 1.45. The molecule has 0 aromatic heterocycles. The zero-order valence-corrected chi connectivity index (χ0v) is 12.5. The standard InChI is InChI=1S/C18H21NO2/c1-14-8-10-18(16(20)12-14)9-5-11-19(17(18)21)13-15-6-3-2-4-7-15/h2-4,6-7,12H,5,8-11,13H2,1H3/t18-/m0/s1. The molecule has 1 amide bonds. The number of likely N-dealkylation sites (tertiary alicyclic amines) is 1. The fraction of sp³-hybridized carbons (Fsp3) is 0.444. The second-order valence-electron chi connectivity index (χ2n) is 6.25. The maximum absolute atomic E-state index is 12.9. The number of ketones is 1. The first-order valence-corrected chi connectivity index (χ1v) is 7.67. The normalized spacial score (nSPS) is 26.1. The van der Waals surface area contributed by atoms with Crippen molar-refractivity contribution in [1.29, 1.82) is 0 Å². The summed E-state index contributed by atoms with van der Waals surface area (Å²) >= 11 is 0. The Balaban J connectivity index is 1.83. The van der Waals surface area contributed by atoms with Gasteiger partial charge < -0.3 is 4.90 Å². The van der Waals surface area contributed by atoms with Crippen LogP contribution in [0.25, 0.3) is 0 Å². The molecular weight excluding hydrogens is 262 g/mol. The van der Waals surface area contributed by atoms with Crippen molar-refractivity contribution >= 4 is 11.7 Å². The second kappa shape index (κ2) is 5.47. The Hall–Kier alpha value is -1.90. The summed E-state index contributed by atoms with van der Waals surface area (Å²) in [6.07, 6.45) is 4.85. The number of hydrogen-bond donors (Lipinski definition) is 0. The van der Waals surface area contributed by atoms with Crippen molar-refractivity contribution in [2.24, 2.45) is 5.41 Å². The van der Waals surface area contributed by atoms with Crippen molar-refractivity contribution in [3.05, 3.63) is 47.5 Å². The summed E-state index contributed by atoms with van der Waals surface area (Å²) in [5.74, 6) is 0.0559. The van der Waals surface area contributed by atoms with E-state index in [0.717, 1.165) is 30.5 Å². The van der Waals surface area contributed by atoms with E-state index in [-0.39, 0.29) is 11.7 Å². The van der Waals surface area contributed by atoms with Crippen LogP contribution in [-0.4, -0.2) is 23.1 Å². The minimum atomic E-state index is -0.771. The van der Waals surface area contributed by atoms with Crippen LogP contribution < -0.4 is 0 Å². The number of carbonyl (C=O) groups is 2. The Kier molecular flexibility index (Phi) is 3.66. The summed E-state index contributed by atoms with van der Waals surface area (Å²) < 4.78 is 0. The summed E-state index contributed by atoms with van der Waals surface area (Å²) in [7, 11) is 0. The van der Waals surface area contributed by atoms with Crippen LogP contribution in [0.4, 0.5) is 0 Å². The molecular formula is C18H21NO2. The quantitative estimate of drug-likeness (QED) is 0.782. The Bertz CT molecular complexity index is 590. The number of nitrogens with zero attached hydrogens (tertiary/aromatic N) is 1. The lowest BCUT2D eigenvalue weighted by molar-refractivity contribution is -0.153. The van der Waals surface area contributed by atoms with E-state index < -0.39 is 5.41 Å². The summed E-state index contributed by atoms with van der Waals surface area (Å²) in [5, 5.41) is 0. The molecule has 0 saturated carbocycles. The van der Waals surface area contributed by atoms with Crippen molar-refractivity contribution in [1.82, 2.24) is 4.90 Å². The van der Waals surface area contributed by atoms with Gasteiger partial charge in [-0.2, -0.15) is 0 Å². The summed E-state index contributed by atoms with van der Waals surface area (Å²) in [4.78, 5) is 27.2. The molecule has 1 aliphatic heterocycles. The van der Waals surface area contributed by atoms with E-state index in [9.17, 15) is 9.59 Å². The molecule has 1 heterocycles. The molecule has 3 heteroatoms. The highest BCUT2D eigenvalue weighted by atomic mass is 16.2. The molecule has 1 spiro atoms. The highest BCUT2D eigenvalue weighted by molar-refractivity contribution is 6.12. The van der Waals surface area contributed by atoms with Crippen LogP contribution in [0.15, 0.2) is 42.0 Å². The van der Waals surface area contributed by atoms with Crippen LogP contribution in [0, 0.1) is 5.41 Å². The molecule has 110 valence electrons. The summed E-state index contributed by atoms with van der Waals surface area (Å²) in [6, 6.07) is 10.00. The monoisotopic (exact) mass is 283 g/mol. The van der Waals surface area contributed by atoms with Gasteiger partial charge in [-0.1, -0.05) is 35.9 Å². The third-order valence-corrected chi connectivity index (χ3v) is 4.74.